The monoisotopic (exact) mass is 469 g/mol. The third-order valence-corrected chi connectivity index (χ3v) is 9.30. The third kappa shape index (κ3) is 4.29. The van der Waals surface area contributed by atoms with Crippen molar-refractivity contribution in [1.29, 1.82) is 0 Å². The first-order chi connectivity index (χ1) is 14.2. The molecule has 3 unspecified atom stereocenters. The summed E-state index contributed by atoms with van der Waals surface area (Å²) in [4.78, 5) is 2.51. The van der Waals surface area contributed by atoms with E-state index < -0.39 is 35.6 Å². The minimum atomic E-state index is -4.63. The maximum atomic E-state index is 13.1. The van der Waals surface area contributed by atoms with E-state index in [0.717, 1.165) is 67.4 Å². The van der Waals surface area contributed by atoms with Gasteiger partial charge in [0.25, 0.3) is 6.43 Å². The van der Waals surface area contributed by atoms with E-state index in [2.05, 4.69) is 10.00 Å². The van der Waals surface area contributed by atoms with Gasteiger partial charge < -0.3 is 5.48 Å². The van der Waals surface area contributed by atoms with Crippen LogP contribution in [0.25, 0.3) is 0 Å². The smallest absolute Gasteiger partial charge is 0.412 e. The van der Waals surface area contributed by atoms with Gasteiger partial charge in [0.2, 0.25) is 0 Å². The van der Waals surface area contributed by atoms with Crippen LogP contribution in [-0.4, -0.2) is 61.4 Å². The molecule has 31 heavy (non-hydrogen) atoms. The zero-order valence-corrected chi connectivity index (χ0v) is 17.9. The summed E-state index contributed by atoms with van der Waals surface area (Å²) in [5.74, 6) is 1.99. The number of likely N-dealkylation sites (tertiary alicyclic amines) is 1. The van der Waals surface area contributed by atoms with Gasteiger partial charge in [0.1, 0.15) is 6.54 Å². The first kappa shape index (κ1) is 23.1. The van der Waals surface area contributed by atoms with Crippen LogP contribution < -0.4 is 0 Å². The van der Waals surface area contributed by atoms with E-state index in [4.69, 9.17) is 0 Å². The van der Waals surface area contributed by atoms with E-state index in [1.54, 1.807) is 0 Å². The summed E-state index contributed by atoms with van der Waals surface area (Å²) in [6.07, 6.45) is -2.32. The van der Waals surface area contributed by atoms with Gasteiger partial charge in [-0.2, -0.15) is 18.3 Å². The molecule has 2 saturated carbocycles. The van der Waals surface area contributed by atoms with E-state index >= 15 is 0 Å². The Morgan fingerprint density at radius 2 is 1.94 bits per heavy atom. The van der Waals surface area contributed by atoms with Crippen LogP contribution in [-0.2, 0) is 23.5 Å². The number of piperidine rings is 1. The summed E-state index contributed by atoms with van der Waals surface area (Å²) in [6.45, 7) is 1.19. The lowest BCUT2D eigenvalue weighted by Crippen LogP contribution is -2.48. The van der Waals surface area contributed by atoms with Gasteiger partial charge in [-0.1, -0.05) is 0 Å². The van der Waals surface area contributed by atoms with E-state index in [-0.39, 0.29) is 28.6 Å². The van der Waals surface area contributed by atoms with Crippen LogP contribution in [0, 0.1) is 17.3 Å². The lowest BCUT2D eigenvalue weighted by molar-refractivity contribution is -0.141. The molecule has 1 spiro atoms. The molecule has 0 radical (unpaired) electrons. The van der Waals surface area contributed by atoms with Crippen LogP contribution in [0.2, 0.25) is 0 Å². The molecule has 2 aliphatic carbocycles. The molecule has 2 saturated heterocycles. The molecule has 3 heterocycles. The topological polar surface area (TPSA) is 69.6 Å². The fourth-order valence-corrected chi connectivity index (χ4v) is 8.23. The second-order valence-corrected chi connectivity index (χ2v) is 11.2. The molecule has 6 atom stereocenters. The molecule has 4 aliphatic rings. The summed E-state index contributed by atoms with van der Waals surface area (Å²) in [5.41, 5.74) is -0.587. The molecule has 2 aliphatic heterocycles. The molecule has 2 N–H and O–H groups in total. The average Bonchev–Trinajstić information content (AvgIpc) is 3.03. The molecule has 0 amide bonds. The molecule has 0 aromatic carbocycles. The molecule has 4 fully saturated rings. The Balaban J connectivity index is 0.00000231. The number of rotatable bonds is 4. The number of nitrogens with zero attached hydrogens (tertiary/aromatic N) is 3. The molecular weight excluding hydrogens is 441 g/mol. The van der Waals surface area contributed by atoms with Crippen LogP contribution in [0.15, 0.2) is 6.07 Å². The van der Waals surface area contributed by atoms with Crippen LogP contribution in [0.3, 0.4) is 0 Å². The van der Waals surface area contributed by atoms with Crippen molar-refractivity contribution in [1.82, 2.24) is 14.7 Å². The van der Waals surface area contributed by atoms with Gasteiger partial charge in [-0.3, -0.25) is 13.8 Å². The van der Waals surface area contributed by atoms with Gasteiger partial charge in [0.05, 0.1) is 0 Å². The number of hydrogen-bond acceptors (Lipinski definition) is 3. The van der Waals surface area contributed by atoms with Crippen LogP contribution >= 0.6 is 0 Å². The summed E-state index contributed by atoms with van der Waals surface area (Å²) < 4.78 is 77.8. The summed E-state index contributed by atoms with van der Waals surface area (Å²) in [6, 6.07) is 1.38. The maximum absolute atomic E-state index is 13.1. The Labute approximate surface area is 180 Å². The Morgan fingerprint density at radius 1 is 1.23 bits per heavy atom. The standard InChI is InChI=1S/C20H26F5N3OS.H2O/c21-17(22)9-28-15(8-16(26-28)20(23,24)25)18-13-6-12(7-14(13)18)27-4-1-2-19(10-27)3-5-30(29)11-19;/h8,12-14,17-18H,1-7,9-11H2;1H2/t12?,13-,14+,18?,19-,30?;/m0./s1. The lowest BCUT2D eigenvalue weighted by Gasteiger charge is -2.43. The summed E-state index contributed by atoms with van der Waals surface area (Å²) >= 11 is 0. The molecular formula is C20H28F5N3O2S. The lowest BCUT2D eigenvalue weighted by atomic mass is 9.79. The minimum Gasteiger partial charge on any atom is -0.412 e. The van der Waals surface area contributed by atoms with Crippen molar-refractivity contribution in [2.75, 3.05) is 24.6 Å². The fraction of sp³-hybridized carbons (Fsp3) is 0.850. The minimum absolute atomic E-state index is 0. The normalized spacial score (nSPS) is 37.9. The van der Waals surface area contributed by atoms with E-state index in [1.165, 1.54) is 0 Å². The van der Waals surface area contributed by atoms with Crippen molar-refractivity contribution < 1.29 is 31.6 Å². The van der Waals surface area contributed by atoms with Crippen molar-refractivity contribution in [3.63, 3.8) is 0 Å². The van der Waals surface area contributed by atoms with Gasteiger partial charge in [-0.05, 0) is 62.0 Å². The van der Waals surface area contributed by atoms with Crippen LogP contribution in [0.4, 0.5) is 22.0 Å². The highest BCUT2D eigenvalue weighted by Gasteiger charge is 2.59. The Kier molecular flexibility index (Phi) is 6.00. The first-order valence-electron chi connectivity index (χ1n) is 10.7. The number of hydrogen-bond donors (Lipinski definition) is 0. The van der Waals surface area contributed by atoms with Gasteiger partial charge in [-0.15, -0.1) is 0 Å². The van der Waals surface area contributed by atoms with Crippen molar-refractivity contribution >= 4 is 10.8 Å². The highest BCUT2D eigenvalue weighted by atomic mass is 32.2. The van der Waals surface area contributed by atoms with Crippen molar-refractivity contribution in [2.24, 2.45) is 17.3 Å². The molecule has 176 valence electrons. The molecule has 0 bridgehead atoms. The van der Waals surface area contributed by atoms with Gasteiger partial charge in [0, 0.05) is 46.5 Å². The van der Waals surface area contributed by atoms with Crippen LogP contribution in [0.1, 0.15) is 49.4 Å². The number of fused-ring (bicyclic) bond motifs is 1. The largest absolute Gasteiger partial charge is 0.435 e. The summed E-state index contributed by atoms with van der Waals surface area (Å²) in [7, 11) is -0.707. The van der Waals surface area contributed by atoms with Crippen LogP contribution in [0.5, 0.6) is 0 Å². The van der Waals surface area contributed by atoms with Crippen molar-refractivity contribution in [3.05, 3.63) is 17.5 Å². The Hall–Kier alpha value is -1.07. The molecule has 5 rings (SSSR count). The molecule has 1 aromatic rings. The predicted molar refractivity (Wildman–Crippen MR) is 105 cm³/mol. The predicted octanol–water partition coefficient (Wildman–Crippen LogP) is 3.07. The molecule has 11 heteroatoms. The fourth-order valence-electron chi connectivity index (χ4n) is 6.36. The number of aromatic nitrogens is 2. The Bertz CT molecular complexity index is 835. The zero-order chi connectivity index (χ0) is 21.3. The van der Waals surface area contributed by atoms with Gasteiger partial charge in [-0.25, -0.2) is 8.78 Å². The maximum Gasteiger partial charge on any atom is 0.435 e. The quantitative estimate of drug-likeness (QED) is 0.637. The molecule has 1 aromatic heterocycles. The first-order valence-corrected chi connectivity index (χ1v) is 12.2. The van der Waals surface area contributed by atoms with E-state index in [9.17, 15) is 26.2 Å². The van der Waals surface area contributed by atoms with Gasteiger partial charge in [0.15, 0.2) is 5.69 Å². The SMILES string of the molecule is O.O=S1CC[C@]2(CCCN(C3C[C@@H]4C(c5cc(C(F)(F)F)nn5CC(F)F)[C@@H]4C3)C2)C1. The second kappa shape index (κ2) is 8.06. The highest BCUT2D eigenvalue weighted by molar-refractivity contribution is 7.85. The number of halogens is 5. The zero-order valence-electron chi connectivity index (χ0n) is 17.1. The molecule has 5 nitrogen and oxygen atoms in total. The average molecular weight is 470 g/mol. The summed E-state index contributed by atoms with van der Waals surface area (Å²) in [5, 5.41) is 3.45. The van der Waals surface area contributed by atoms with E-state index in [0.29, 0.717) is 11.7 Å². The second-order valence-electron chi connectivity index (χ2n) is 9.62. The van der Waals surface area contributed by atoms with E-state index in [1.807, 2.05) is 0 Å². The van der Waals surface area contributed by atoms with Crippen molar-refractivity contribution in [2.45, 2.75) is 63.2 Å². The highest BCUT2D eigenvalue weighted by Crippen LogP contribution is 2.64. The number of alkyl halides is 5. The third-order valence-electron chi connectivity index (χ3n) is 7.71. The Morgan fingerprint density at radius 3 is 2.52 bits per heavy atom. The van der Waals surface area contributed by atoms with Gasteiger partial charge >= 0.3 is 6.18 Å². The van der Waals surface area contributed by atoms with Crippen molar-refractivity contribution in [3.8, 4) is 0 Å².